The average Bonchev–Trinajstić information content (AvgIpc) is 3.07. The second-order valence-electron chi connectivity index (χ2n) is 6.34. The third-order valence-electron chi connectivity index (χ3n) is 4.69. The second kappa shape index (κ2) is 4.58. The van der Waals surface area contributed by atoms with Gasteiger partial charge in [0.25, 0.3) is 0 Å². The maximum Gasteiger partial charge on any atom is 0.244 e. The summed E-state index contributed by atoms with van der Waals surface area (Å²) in [5, 5.41) is 22.7. The first-order chi connectivity index (χ1) is 8.79. The van der Waals surface area contributed by atoms with Crippen LogP contribution >= 0.6 is 0 Å². The molecule has 0 aliphatic heterocycles. The van der Waals surface area contributed by atoms with E-state index in [4.69, 9.17) is 0 Å². The van der Waals surface area contributed by atoms with Gasteiger partial charge >= 0.3 is 0 Å². The van der Waals surface area contributed by atoms with Crippen LogP contribution in [0.2, 0.25) is 0 Å². The van der Waals surface area contributed by atoms with Crippen molar-refractivity contribution in [3.05, 3.63) is 32.4 Å². The molecule has 0 heterocycles. The highest BCUT2D eigenvalue weighted by atomic mass is 16.6. The van der Waals surface area contributed by atoms with E-state index in [9.17, 15) is 20.2 Å². The predicted molar refractivity (Wildman–Crippen MR) is 70.0 cm³/mol. The Balaban J connectivity index is 2.35. The van der Waals surface area contributed by atoms with Gasteiger partial charge in [0, 0.05) is 29.6 Å². The van der Waals surface area contributed by atoms with E-state index in [-0.39, 0.29) is 22.2 Å². The minimum Gasteiger partial charge on any atom is -0.264 e. The van der Waals surface area contributed by atoms with E-state index < -0.39 is 11.1 Å². The first-order valence-electron chi connectivity index (χ1n) is 6.76. The summed E-state index contributed by atoms with van der Waals surface area (Å²) in [4.78, 5) is 22.1. The maximum atomic E-state index is 11.4. The molecule has 1 fully saturated rings. The van der Waals surface area contributed by atoms with E-state index in [1.54, 1.807) is 13.0 Å². The van der Waals surface area contributed by atoms with E-state index in [0.717, 1.165) is 25.7 Å². The summed E-state index contributed by atoms with van der Waals surface area (Å²) in [6.45, 7) is 3.07. The molecule has 0 aromatic heterocycles. The SMILES string of the molecule is CC1([N+](=O)[O-])C[C@](C)([N+](=O)[O-])/C=C\CCCC2CC21. The van der Waals surface area contributed by atoms with Gasteiger partial charge in [0.1, 0.15) is 0 Å². The zero-order valence-corrected chi connectivity index (χ0v) is 11.4. The molecule has 0 bridgehead atoms. The largest absolute Gasteiger partial charge is 0.264 e. The zero-order chi connectivity index (χ0) is 14.3. The van der Waals surface area contributed by atoms with Gasteiger partial charge in [0.2, 0.25) is 11.1 Å². The van der Waals surface area contributed by atoms with Crippen LogP contribution in [-0.4, -0.2) is 20.9 Å². The van der Waals surface area contributed by atoms with Gasteiger partial charge in [-0.3, -0.25) is 20.2 Å². The fourth-order valence-electron chi connectivity index (χ4n) is 3.40. The normalized spacial score (nSPS) is 43.9. The molecule has 3 unspecified atom stereocenters. The van der Waals surface area contributed by atoms with Crippen molar-refractivity contribution in [3.8, 4) is 0 Å². The number of hydrogen-bond acceptors (Lipinski definition) is 4. The van der Waals surface area contributed by atoms with Gasteiger partial charge in [-0.15, -0.1) is 0 Å². The molecule has 1 saturated carbocycles. The van der Waals surface area contributed by atoms with Crippen molar-refractivity contribution in [1.82, 2.24) is 0 Å². The first kappa shape index (κ1) is 14.0. The molecule has 0 aromatic rings. The van der Waals surface area contributed by atoms with E-state index in [1.165, 1.54) is 6.92 Å². The molecule has 0 N–H and O–H groups in total. The summed E-state index contributed by atoms with van der Waals surface area (Å²) in [7, 11) is 0. The molecule has 2 aliphatic carbocycles. The Morgan fingerprint density at radius 3 is 2.47 bits per heavy atom. The fraction of sp³-hybridized carbons (Fsp3) is 0.846. The number of fused-ring (bicyclic) bond motifs is 1. The van der Waals surface area contributed by atoms with Crippen LogP contribution in [0.1, 0.15) is 46.0 Å². The summed E-state index contributed by atoms with van der Waals surface area (Å²) in [6.07, 6.45) is 6.95. The molecular formula is C13H20N2O4. The van der Waals surface area contributed by atoms with Crippen molar-refractivity contribution >= 4 is 0 Å². The smallest absolute Gasteiger partial charge is 0.244 e. The molecule has 2 rings (SSSR count). The molecule has 6 heteroatoms. The Hall–Kier alpha value is -1.46. The van der Waals surface area contributed by atoms with Crippen molar-refractivity contribution in [2.75, 3.05) is 0 Å². The third-order valence-corrected chi connectivity index (χ3v) is 4.69. The van der Waals surface area contributed by atoms with Crippen molar-refractivity contribution in [2.45, 2.75) is 57.0 Å². The third kappa shape index (κ3) is 2.48. The summed E-state index contributed by atoms with van der Waals surface area (Å²) in [5.74, 6) is 0.367. The van der Waals surface area contributed by atoms with Gasteiger partial charge < -0.3 is 0 Å². The summed E-state index contributed by atoms with van der Waals surface area (Å²) in [6, 6.07) is 0. The maximum absolute atomic E-state index is 11.4. The van der Waals surface area contributed by atoms with E-state index in [1.807, 2.05) is 6.08 Å². The van der Waals surface area contributed by atoms with Gasteiger partial charge in [-0.25, -0.2) is 0 Å². The van der Waals surface area contributed by atoms with E-state index >= 15 is 0 Å². The van der Waals surface area contributed by atoms with Gasteiger partial charge in [0.05, 0.1) is 6.42 Å². The number of nitrogens with zero attached hydrogens (tertiary/aromatic N) is 2. The standard InChI is InChI=1S/C13H20N2O4/c1-12(14(16)17)7-5-3-4-6-10-8-11(10)13(2,9-12)15(18)19/h5,7,10-11H,3-4,6,8-9H2,1-2H3/b7-5-/t10?,11?,12-,13?/m1/s1. The van der Waals surface area contributed by atoms with Crippen LogP contribution < -0.4 is 0 Å². The Morgan fingerprint density at radius 2 is 1.89 bits per heavy atom. The van der Waals surface area contributed by atoms with Crippen LogP contribution in [0.4, 0.5) is 0 Å². The topological polar surface area (TPSA) is 86.3 Å². The van der Waals surface area contributed by atoms with Crippen molar-refractivity contribution in [2.24, 2.45) is 11.8 Å². The quantitative estimate of drug-likeness (QED) is 0.437. The van der Waals surface area contributed by atoms with Crippen LogP contribution in [0.25, 0.3) is 0 Å². The molecule has 0 radical (unpaired) electrons. The zero-order valence-electron chi connectivity index (χ0n) is 11.4. The molecule has 106 valence electrons. The van der Waals surface area contributed by atoms with Crippen LogP contribution in [0, 0.1) is 32.1 Å². The number of allylic oxidation sites excluding steroid dienone is 1. The van der Waals surface area contributed by atoms with Gasteiger partial charge in [0.15, 0.2) is 0 Å². The highest BCUT2D eigenvalue weighted by Crippen LogP contribution is 2.53. The molecule has 0 saturated heterocycles. The molecule has 0 amide bonds. The molecule has 4 atom stereocenters. The number of rotatable bonds is 2. The van der Waals surface area contributed by atoms with Gasteiger partial charge in [-0.05, 0) is 37.7 Å². The number of nitro groups is 2. The fourth-order valence-corrected chi connectivity index (χ4v) is 3.40. The first-order valence-corrected chi connectivity index (χ1v) is 6.76. The van der Waals surface area contributed by atoms with Crippen LogP contribution in [-0.2, 0) is 0 Å². The number of hydrogen-bond donors (Lipinski definition) is 0. The molecule has 2 aliphatic rings. The van der Waals surface area contributed by atoms with E-state index in [2.05, 4.69) is 0 Å². The molecule has 0 spiro atoms. The van der Waals surface area contributed by atoms with E-state index in [0.29, 0.717) is 5.92 Å². The lowest BCUT2D eigenvalue weighted by Crippen LogP contribution is -2.48. The van der Waals surface area contributed by atoms with Crippen LogP contribution in [0.15, 0.2) is 12.2 Å². The van der Waals surface area contributed by atoms with Gasteiger partial charge in [-0.1, -0.05) is 6.08 Å². The Morgan fingerprint density at radius 1 is 1.21 bits per heavy atom. The van der Waals surface area contributed by atoms with Crippen molar-refractivity contribution in [3.63, 3.8) is 0 Å². The van der Waals surface area contributed by atoms with Gasteiger partial charge in [-0.2, -0.15) is 0 Å². The molecule has 6 nitrogen and oxygen atoms in total. The monoisotopic (exact) mass is 268 g/mol. The summed E-state index contributed by atoms with van der Waals surface area (Å²) in [5.41, 5.74) is -2.53. The summed E-state index contributed by atoms with van der Waals surface area (Å²) < 4.78 is 0. The minimum atomic E-state index is -1.34. The lowest BCUT2D eigenvalue weighted by Gasteiger charge is -2.27. The lowest BCUT2D eigenvalue weighted by molar-refractivity contribution is -0.606. The minimum absolute atomic E-state index is 0.00623. The second-order valence-corrected chi connectivity index (χ2v) is 6.34. The molecule has 0 aromatic carbocycles. The predicted octanol–water partition coefficient (Wildman–Crippen LogP) is 2.82. The highest BCUT2D eigenvalue weighted by molar-refractivity contribution is 5.08. The van der Waals surface area contributed by atoms with Crippen LogP contribution in [0.3, 0.4) is 0 Å². The highest BCUT2D eigenvalue weighted by Gasteiger charge is 2.62. The Labute approximate surface area is 112 Å². The Kier molecular flexibility index (Phi) is 3.36. The molecular weight excluding hydrogens is 248 g/mol. The average molecular weight is 268 g/mol. The van der Waals surface area contributed by atoms with Crippen molar-refractivity contribution < 1.29 is 9.85 Å². The van der Waals surface area contributed by atoms with Crippen molar-refractivity contribution in [1.29, 1.82) is 0 Å². The van der Waals surface area contributed by atoms with Crippen LogP contribution in [0.5, 0.6) is 0 Å². The molecule has 19 heavy (non-hydrogen) atoms. The summed E-state index contributed by atoms with van der Waals surface area (Å²) >= 11 is 0. The lowest BCUT2D eigenvalue weighted by atomic mass is 9.80. The Bertz CT molecular complexity index is 436.